The fourth-order valence-corrected chi connectivity index (χ4v) is 2.65. The minimum atomic E-state index is -1.09. The van der Waals surface area contributed by atoms with E-state index in [0.717, 1.165) is 0 Å². The van der Waals surface area contributed by atoms with Gasteiger partial charge in [0.2, 0.25) is 5.91 Å². The summed E-state index contributed by atoms with van der Waals surface area (Å²) in [6, 6.07) is 4.78. The van der Waals surface area contributed by atoms with E-state index in [1.807, 2.05) is 13.8 Å². The molecule has 0 radical (unpaired) electrons. The molecule has 136 valence electrons. The van der Waals surface area contributed by atoms with Gasteiger partial charge in [-0.2, -0.15) is 0 Å². The van der Waals surface area contributed by atoms with E-state index in [1.54, 1.807) is 32.0 Å². The largest absolute Gasteiger partial charge is 0.476 e. The van der Waals surface area contributed by atoms with E-state index in [0.29, 0.717) is 29.5 Å². The molecule has 0 bridgehead atoms. The molecule has 1 aliphatic rings. The first-order valence-electron chi connectivity index (χ1n) is 8.16. The summed E-state index contributed by atoms with van der Waals surface area (Å²) >= 11 is 5.61. The van der Waals surface area contributed by atoms with Gasteiger partial charge in [-0.15, -0.1) is 11.6 Å². The van der Waals surface area contributed by atoms with Crippen LogP contribution in [0, 0.1) is 5.92 Å². The average molecular weight is 367 g/mol. The summed E-state index contributed by atoms with van der Waals surface area (Å²) in [6.07, 6.45) is 0. The number of alkyl halides is 1. The summed E-state index contributed by atoms with van der Waals surface area (Å²) < 4.78 is 5.74. The van der Waals surface area contributed by atoms with E-state index >= 15 is 0 Å². The number of anilines is 1. The highest BCUT2D eigenvalue weighted by molar-refractivity contribution is 6.30. The zero-order valence-corrected chi connectivity index (χ0v) is 15.6. The van der Waals surface area contributed by atoms with Gasteiger partial charge >= 0.3 is 0 Å². The van der Waals surface area contributed by atoms with Gasteiger partial charge in [0.05, 0.1) is 11.6 Å². The Morgan fingerprint density at radius 1 is 1.32 bits per heavy atom. The van der Waals surface area contributed by atoms with Crippen molar-refractivity contribution in [2.24, 2.45) is 5.92 Å². The third kappa shape index (κ3) is 4.31. The van der Waals surface area contributed by atoms with E-state index in [9.17, 15) is 14.4 Å². The van der Waals surface area contributed by atoms with E-state index in [1.165, 1.54) is 4.90 Å². The number of Topliss-reactive ketones (excluding diaryl/α,β-unsaturated/α-hetero) is 1. The molecule has 2 rings (SSSR count). The van der Waals surface area contributed by atoms with E-state index < -0.39 is 5.60 Å². The predicted molar refractivity (Wildman–Crippen MR) is 96.4 cm³/mol. The number of halogens is 1. The molecule has 1 heterocycles. The molecule has 2 amide bonds. The molecular formula is C18H23ClN2O4. The minimum absolute atomic E-state index is 0.135. The number of carbonyl (C=O) groups excluding carboxylic acids is 3. The van der Waals surface area contributed by atoms with Gasteiger partial charge in [-0.05, 0) is 38.0 Å². The van der Waals surface area contributed by atoms with Gasteiger partial charge in [0.1, 0.15) is 12.3 Å². The van der Waals surface area contributed by atoms with Gasteiger partial charge in [0.25, 0.3) is 5.91 Å². The molecular weight excluding hydrogens is 344 g/mol. The SMILES string of the molecule is CC(C)CNC(=O)CN1C(=O)C(C)(C)Oc2ccc(C(=O)CCl)cc21. The summed E-state index contributed by atoms with van der Waals surface area (Å²) in [5, 5.41) is 2.79. The fourth-order valence-electron chi connectivity index (χ4n) is 2.49. The molecule has 6 nitrogen and oxygen atoms in total. The highest BCUT2D eigenvalue weighted by atomic mass is 35.5. The van der Waals surface area contributed by atoms with Crippen molar-refractivity contribution in [2.75, 3.05) is 23.9 Å². The number of ether oxygens (including phenoxy) is 1. The number of rotatable bonds is 6. The lowest BCUT2D eigenvalue weighted by Gasteiger charge is -2.38. The number of hydrogen-bond donors (Lipinski definition) is 1. The summed E-state index contributed by atoms with van der Waals surface area (Å²) in [7, 11) is 0. The number of nitrogens with zero attached hydrogens (tertiary/aromatic N) is 1. The molecule has 1 aromatic carbocycles. The number of benzene rings is 1. The van der Waals surface area contributed by atoms with Crippen LogP contribution in [0.2, 0.25) is 0 Å². The van der Waals surface area contributed by atoms with E-state index in [-0.39, 0.29) is 30.0 Å². The van der Waals surface area contributed by atoms with Crippen LogP contribution >= 0.6 is 11.6 Å². The monoisotopic (exact) mass is 366 g/mol. The topological polar surface area (TPSA) is 75.7 Å². The summed E-state index contributed by atoms with van der Waals surface area (Å²) in [4.78, 5) is 38.2. The predicted octanol–water partition coefficient (Wildman–Crippen LogP) is 2.38. The number of carbonyl (C=O) groups is 3. The number of hydrogen-bond acceptors (Lipinski definition) is 4. The quantitative estimate of drug-likeness (QED) is 0.619. The number of fused-ring (bicyclic) bond motifs is 1. The van der Waals surface area contributed by atoms with Gasteiger partial charge in [-0.1, -0.05) is 13.8 Å². The molecule has 0 aromatic heterocycles. The zero-order valence-electron chi connectivity index (χ0n) is 14.9. The van der Waals surface area contributed by atoms with Crippen LogP contribution in [0.25, 0.3) is 0 Å². The fraction of sp³-hybridized carbons (Fsp3) is 0.500. The molecule has 1 aliphatic heterocycles. The van der Waals surface area contributed by atoms with Crippen molar-refractivity contribution < 1.29 is 19.1 Å². The van der Waals surface area contributed by atoms with Crippen molar-refractivity contribution in [3.05, 3.63) is 23.8 Å². The summed E-state index contributed by atoms with van der Waals surface area (Å²) in [6.45, 7) is 7.66. The van der Waals surface area contributed by atoms with Crippen LogP contribution in [-0.2, 0) is 9.59 Å². The van der Waals surface area contributed by atoms with Crippen LogP contribution in [0.5, 0.6) is 5.75 Å². The first-order chi connectivity index (χ1) is 11.7. The third-order valence-corrected chi connectivity index (χ3v) is 4.07. The second kappa shape index (κ2) is 7.44. The average Bonchev–Trinajstić information content (AvgIpc) is 2.55. The molecule has 0 fully saturated rings. The normalized spacial score (nSPS) is 15.6. The van der Waals surface area contributed by atoms with E-state index in [4.69, 9.17) is 16.3 Å². The second-order valence-corrected chi connectivity index (χ2v) is 7.21. The Bertz CT molecular complexity index is 700. The minimum Gasteiger partial charge on any atom is -0.476 e. The van der Waals surface area contributed by atoms with Crippen LogP contribution < -0.4 is 15.0 Å². The lowest BCUT2D eigenvalue weighted by Crippen LogP contribution is -2.55. The number of nitrogens with one attached hydrogen (secondary N) is 1. The molecule has 0 spiro atoms. The molecule has 0 aliphatic carbocycles. The van der Waals surface area contributed by atoms with E-state index in [2.05, 4.69) is 5.32 Å². The Kier molecular flexibility index (Phi) is 5.72. The Morgan fingerprint density at radius 3 is 2.60 bits per heavy atom. The maximum Gasteiger partial charge on any atom is 0.271 e. The van der Waals surface area contributed by atoms with Crippen LogP contribution in [0.15, 0.2) is 18.2 Å². The van der Waals surface area contributed by atoms with Gasteiger partial charge in [-0.25, -0.2) is 0 Å². The van der Waals surface area contributed by atoms with Gasteiger partial charge < -0.3 is 10.1 Å². The molecule has 0 saturated heterocycles. The highest BCUT2D eigenvalue weighted by Gasteiger charge is 2.41. The Labute approximate surface area is 152 Å². The third-order valence-electron chi connectivity index (χ3n) is 3.83. The molecule has 25 heavy (non-hydrogen) atoms. The lowest BCUT2D eigenvalue weighted by molar-refractivity contribution is -0.134. The Hall–Kier alpha value is -2.08. The molecule has 1 N–H and O–H groups in total. The van der Waals surface area contributed by atoms with Gasteiger partial charge in [-0.3, -0.25) is 19.3 Å². The van der Waals surface area contributed by atoms with Crippen LogP contribution in [0.3, 0.4) is 0 Å². The van der Waals surface area contributed by atoms with Crippen molar-refractivity contribution >= 4 is 34.9 Å². The van der Waals surface area contributed by atoms with Crippen molar-refractivity contribution in [3.8, 4) is 5.75 Å². The van der Waals surface area contributed by atoms with Crippen molar-refractivity contribution in [3.63, 3.8) is 0 Å². The molecule has 0 unspecified atom stereocenters. The van der Waals surface area contributed by atoms with Gasteiger partial charge in [0, 0.05) is 12.1 Å². The summed E-state index contributed by atoms with van der Waals surface area (Å²) in [5.41, 5.74) is -0.319. The molecule has 0 atom stereocenters. The maximum absolute atomic E-state index is 12.7. The first kappa shape index (κ1) is 19.2. The smallest absolute Gasteiger partial charge is 0.271 e. The zero-order chi connectivity index (χ0) is 18.8. The van der Waals surface area contributed by atoms with Crippen LogP contribution in [0.1, 0.15) is 38.1 Å². The van der Waals surface area contributed by atoms with Gasteiger partial charge in [0.15, 0.2) is 11.4 Å². The maximum atomic E-state index is 12.7. The van der Waals surface area contributed by atoms with Crippen molar-refractivity contribution in [1.29, 1.82) is 0 Å². The number of ketones is 1. The molecule has 1 aromatic rings. The number of amides is 2. The van der Waals surface area contributed by atoms with Crippen molar-refractivity contribution in [1.82, 2.24) is 5.32 Å². The molecule has 7 heteroatoms. The first-order valence-corrected chi connectivity index (χ1v) is 8.70. The highest BCUT2D eigenvalue weighted by Crippen LogP contribution is 2.38. The molecule has 0 saturated carbocycles. The van der Waals surface area contributed by atoms with Crippen LogP contribution in [0.4, 0.5) is 5.69 Å². The Morgan fingerprint density at radius 2 is 2.00 bits per heavy atom. The van der Waals surface area contributed by atoms with Crippen molar-refractivity contribution in [2.45, 2.75) is 33.3 Å². The van der Waals surface area contributed by atoms with Crippen LogP contribution in [-0.4, -0.2) is 42.2 Å². The second-order valence-electron chi connectivity index (χ2n) is 6.94. The summed E-state index contributed by atoms with van der Waals surface area (Å²) in [5.74, 6) is -0.261. The lowest BCUT2D eigenvalue weighted by atomic mass is 10.0. The Balaban J connectivity index is 2.35. The standard InChI is InChI=1S/C18H23ClN2O4/c1-11(2)9-20-16(23)10-21-13-7-12(14(22)8-19)5-6-15(13)25-18(3,4)17(21)24/h5-7,11H,8-10H2,1-4H3,(H,20,23).